The molecule has 0 amide bonds. The van der Waals surface area contributed by atoms with Crippen LogP contribution in [0.3, 0.4) is 0 Å². The van der Waals surface area contributed by atoms with Crippen molar-refractivity contribution in [3.63, 3.8) is 0 Å². The predicted molar refractivity (Wildman–Crippen MR) is 65.3 cm³/mol. The van der Waals surface area contributed by atoms with Gasteiger partial charge in [0.1, 0.15) is 0 Å². The fraction of sp³-hybridized carbons (Fsp3) is 0.667. The van der Waals surface area contributed by atoms with Crippen LogP contribution < -0.4 is 5.32 Å². The van der Waals surface area contributed by atoms with Gasteiger partial charge in [0.25, 0.3) is 0 Å². The zero-order chi connectivity index (χ0) is 12.0. The monoisotopic (exact) mass is 223 g/mol. The molecule has 90 valence electrons. The molecule has 2 N–H and O–H groups in total. The van der Waals surface area contributed by atoms with Gasteiger partial charge in [-0.1, -0.05) is 26.7 Å². The Morgan fingerprint density at radius 3 is 2.31 bits per heavy atom. The molecule has 0 bridgehead atoms. The maximum atomic E-state index is 9.91. The van der Waals surface area contributed by atoms with Crippen molar-refractivity contribution in [2.45, 2.75) is 39.7 Å². The van der Waals surface area contributed by atoms with Gasteiger partial charge >= 0.3 is 0 Å². The lowest BCUT2D eigenvalue weighted by Crippen LogP contribution is -2.28. The molecule has 4 nitrogen and oxygen atoms in total. The molecule has 0 radical (unpaired) electrons. The van der Waals surface area contributed by atoms with E-state index in [-0.39, 0.29) is 6.10 Å². The smallest absolute Gasteiger partial charge is 0.222 e. The first-order valence-electron chi connectivity index (χ1n) is 5.88. The molecule has 16 heavy (non-hydrogen) atoms. The molecule has 0 aromatic carbocycles. The summed E-state index contributed by atoms with van der Waals surface area (Å²) < 4.78 is 0. The molecule has 0 aliphatic heterocycles. The van der Waals surface area contributed by atoms with E-state index in [0.717, 1.165) is 18.4 Å². The molecule has 0 aliphatic carbocycles. The van der Waals surface area contributed by atoms with Crippen molar-refractivity contribution < 1.29 is 5.11 Å². The third kappa shape index (κ3) is 3.77. The van der Waals surface area contributed by atoms with E-state index in [1.54, 1.807) is 12.4 Å². The Bertz CT molecular complexity index is 296. The number of aryl methyl sites for hydroxylation is 1. The van der Waals surface area contributed by atoms with Crippen LogP contribution in [0.25, 0.3) is 0 Å². The Kier molecular flexibility index (Phi) is 5.19. The van der Waals surface area contributed by atoms with E-state index in [9.17, 15) is 5.11 Å². The van der Waals surface area contributed by atoms with Crippen molar-refractivity contribution in [2.75, 3.05) is 11.9 Å². The van der Waals surface area contributed by atoms with Gasteiger partial charge in [-0.2, -0.15) is 0 Å². The maximum absolute atomic E-state index is 9.91. The number of rotatable bonds is 6. The van der Waals surface area contributed by atoms with Gasteiger partial charge in [-0.25, -0.2) is 9.97 Å². The van der Waals surface area contributed by atoms with E-state index in [4.69, 9.17) is 0 Å². The number of aliphatic hydroxyl groups excluding tert-OH is 1. The van der Waals surface area contributed by atoms with Crippen LogP contribution in [0.15, 0.2) is 12.4 Å². The number of anilines is 1. The van der Waals surface area contributed by atoms with Crippen LogP contribution in [0.5, 0.6) is 0 Å². The lowest BCUT2D eigenvalue weighted by Gasteiger charge is -2.20. The molecule has 1 heterocycles. The summed E-state index contributed by atoms with van der Waals surface area (Å²) in [5, 5.41) is 13.0. The van der Waals surface area contributed by atoms with Crippen LogP contribution in [-0.2, 0) is 0 Å². The van der Waals surface area contributed by atoms with Crippen molar-refractivity contribution in [3.8, 4) is 0 Å². The topological polar surface area (TPSA) is 58.0 Å². The Balaban J connectivity index is 2.42. The normalized spacial score (nSPS) is 12.8. The van der Waals surface area contributed by atoms with Crippen molar-refractivity contribution in [1.82, 2.24) is 9.97 Å². The number of hydrogen-bond acceptors (Lipinski definition) is 4. The summed E-state index contributed by atoms with van der Waals surface area (Å²) in [5.41, 5.74) is 1.03. The zero-order valence-corrected chi connectivity index (χ0v) is 10.3. The van der Waals surface area contributed by atoms with Gasteiger partial charge in [0.15, 0.2) is 0 Å². The number of nitrogens with one attached hydrogen (secondary N) is 1. The third-order valence-electron chi connectivity index (χ3n) is 2.84. The van der Waals surface area contributed by atoms with Crippen LogP contribution >= 0.6 is 0 Å². The molecule has 0 saturated heterocycles. The molecule has 1 aromatic rings. The van der Waals surface area contributed by atoms with E-state index < -0.39 is 0 Å². The van der Waals surface area contributed by atoms with Crippen molar-refractivity contribution in [1.29, 1.82) is 0 Å². The van der Waals surface area contributed by atoms with E-state index in [0.29, 0.717) is 18.4 Å². The Labute approximate surface area is 97.1 Å². The second-order valence-corrected chi connectivity index (χ2v) is 4.11. The molecule has 0 fully saturated rings. The Hall–Kier alpha value is -1.16. The number of aliphatic hydroxyl groups is 1. The van der Waals surface area contributed by atoms with Crippen LogP contribution in [0.2, 0.25) is 0 Å². The van der Waals surface area contributed by atoms with Gasteiger partial charge in [-0.05, 0) is 18.4 Å². The van der Waals surface area contributed by atoms with Crippen LogP contribution in [0.1, 0.15) is 32.3 Å². The average molecular weight is 223 g/mol. The number of nitrogens with zero attached hydrogens (tertiary/aromatic N) is 2. The standard InChI is InChI=1S/C12H21N3O/c1-4-10(5-2)11(16)8-15-12-13-6-9(3)7-14-12/h6-7,10-11,16H,4-5,8H2,1-3H3,(H,13,14,15). The first kappa shape index (κ1) is 12.9. The van der Waals surface area contributed by atoms with Crippen LogP contribution in [0.4, 0.5) is 5.95 Å². The highest BCUT2D eigenvalue weighted by Crippen LogP contribution is 2.13. The van der Waals surface area contributed by atoms with E-state index >= 15 is 0 Å². The van der Waals surface area contributed by atoms with Crippen LogP contribution in [0, 0.1) is 12.8 Å². The van der Waals surface area contributed by atoms with Gasteiger partial charge in [0.2, 0.25) is 5.95 Å². The van der Waals surface area contributed by atoms with E-state index in [1.165, 1.54) is 0 Å². The maximum Gasteiger partial charge on any atom is 0.222 e. The first-order chi connectivity index (χ1) is 7.67. The lowest BCUT2D eigenvalue weighted by atomic mass is 9.97. The van der Waals surface area contributed by atoms with Gasteiger partial charge in [0.05, 0.1) is 6.10 Å². The van der Waals surface area contributed by atoms with Crippen molar-refractivity contribution >= 4 is 5.95 Å². The van der Waals surface area contributed by atoms with Gasteiger partial charge < -0.3 is 10.4 Å². The van der Waals surface area contributed by atoms with E-state index in [2.05, 4.69) is 29.1 Å². The zero-order valence-electron chi connectivity index (χ0n) is 10.3. The molecule has 1 rings (SSSR count). The van der Waals surface area contributed by atoms with Crippen molar-refractivity contribution in [3.05, 3.63) is 18.0 Å². The molecule has 0 saturated carbocycles. The minimum atomic E-state index is -0.333. The Morgan fingerprint density at radius 2 is 1.81 bits per heavy atom. The molecule has 1 aromatic heterocycles. The summed E-state index contributed by atoms with van der Waals surface area (Å²) in [5.74, 6) is 0.925. The molecule has 0 aliphatic rings. The largest absolute Gasteiger partial charge is 0.391 e. The fourth-order valence-corrected chi connectivity index (χ4v) is 1.68. The summed E-state index contributed by atoms with van der Waals surface area (Å²) >= 11 is 0. The summed E-state index contributed by atoms with van der Waals surface area (Å²) in [6, 6.07) is 0. The molecule has 4 heteroatoms. The van der Waals surface area contributed by atoms with Gasteiger partial charge in [-0.15, -0.1) is 0 Å². The summed E-state index contributed by atoms with van der Waals surface area (Å²) in [4.78, 5) is 8.26. The third-order valence-corrected chi connectivity index (χ3v) is 2.84. The summed E-state index contributed by atoms with van der Waals surface area (Å²) in [7, 11) is 0. The second kappa shape index (κ2) is 6.43. The molecular formula is C12H21N3O. The quantitative estimate of drug-likeness (QED) is 0.774. The SMILES string of the molecule is CCC(CC)C(O)CNc1ncc(C)cn1. The lowest BCUT2D eigenvalue weighted by molar-refractivity contribution is 0.114. The van der Waals surface area contributed by atoms with Crippen molar-refractivity contribution in [2.24, 2.45) is 5.92 Å². The molecule has 0 spiro atoms. The minimum absolute atomic E-state index is 0.333. The average Bonchev–Trinajstić information content (AvgIpc) is 2.30. The fourth-order valence-electron chi connectivity index (χ4n) is 1.68. The minimum Gasteiger partial charge on any atom is -0.391 e. The summed E-state index contributed by atoms with van der Waals surface area (Å²) in [6.07, 6.45) is 5.18. The highest BCUT2D eigenvalue weighted by atomic mass is 16.3. The predicted octanol–water partition coefficient (Wildman–Crippen LogP) is 1.99. The molecular weight excluding hydrogens is 202 g/mol. The highest BCUT2D eigenvalue weighted by Gasteiger charge is 2.15. The highest BCUT2D eigenvalue weighted by molar-refractivity contribution is 5.24. The Morgan fingerprint density at radius 1 is 1.25 bits per heavy atom. The van der Waals surface area contributed by atoms with Crippen LogP contribution in [-0.4, -0.2) is 27.7 Å². The number of aromatic nitrogens is 2. The summed E-state index contributed by atoms with van der Waals surface area (Å²) in [6.45, 7) is 6.65. The molecule has 1 atom stereocenters. The first-order valence-corrected chi connectivity index (χ1v) is 5.88. The second-order valence-electron chi connectivity index (χ2n) is 4.11. The number of hydrogen-bond donors (Lipinski definition) is 2. The van der Waals surface area contributed by atoms with Gasteiger partial charge in [0, 0.05) is 18.9 Å². The van der Waals surface area contributed by atoms with E-state index in [1.807, 2.05) is 6.92 Å². The van der Waals surface area contributed by atoms with Gasteiger partial charge in [-0.3, -0.25) is 0 Å². The molecule has 1 unspecified atom stereocenters.